The summed E-state index contributed by atoms with van der Waals surface area (Å²) in [5.74, 6) is 0. The van der Waals surface area contributed by atoms with Crippen LogP contribution in [0.4, 0.5) is 0 Å². The molecule has 0 aromatic heterocycles. The van der Waals surface area contributed by atoms with Gasteiger partial charge in [0.05, 0.1) is 0 Å². The van der Waals surface area contributed by atoms with Crippen LogP contribution in [-0.2, 0) is 0 Å². The topological polar surface area (TPSA) is 12.0 Å². The Morgan fingerprint density at radius 1 is 1.33 bits per heavy atom. The Bertz CT molecular complexity index is 352. The first-order valence-corrected chi connectivity index (χ1v) is 5.43. The Labute approximate surface area is 93.2 Å². The van der Waals surface area contributed by atoms with Crippen LogP contribution in [0.25, 0.3) is 0 Å². The van der Waals surface area contributed by atoms with Crippen LogP contribution in [0.15, 0.2) is 30.4 Å². The van der Waals surface area contributed by atoms with Crippen LogP contribution in [0.3, 0.4) is 0 Å². The molecular formula is C14H21N. The average molecular weight is 203 g/mol. The van der Waals surface area contributed by atoms with Gasteiger partial charge in [0, 0.05) is 6.04 Å². The third kappa shape index (κ3) is 3.21. The maximum atomic E-state index is 3.97. The Morgan fingerprint density at radius 2 is 2.00 bits per heavy atom. The third-order valence-corrected chi connectivity index (χ3v) is 2.83. The molecule has 1 N–H and O–H groups in total. The lowest BCUT2D eigenvalue weighted by molar-refractivity contribution is 0.589. The zero-order valence-corrected chi connectivity index (χ0v) is 10.2. The van der Waals surface area contributed by atoms with Crippen molar-refractivity contribution in [3.05, 3.63) is 47.0 Å². The number of hydrogen-bond acceptors (Lipinski definition) is 1. The maximum absolute atomic E-state index is 3.97. The molecule has 0 amide bonds. The fraction of sp³-hybridized carbons (Fsp3) is 0.429. The minimum absolute atomic E-state index is 0.391. The predicted octanol–water partition coefficient (Wildman–Crippen LogP) is 3.53. The number of hydrogen-bond donors (Lipinski definition) is 1. The van der Waals surface area contributed by atoms with Crippen molar-refractivity contribution in [2.24, 2.45) is 0 Å². The second kappa shape index (κ2) is 5.13. The summed E-state index contributed by atoms with van der Waals surface area (Å²) in [4.78, 5) is 0. The van der Waals surface area contributed by atoms with Crippen molar-refractivity contribution in [2.75, 3.05) is 7.05 Å². The normalized spacial score (nSPS) is 12.5. The monoisotopic (exact) mass is 203 g/mol. The molecule has 0 bridgehead atoms. The number of rotatable bonds is 4. The number of aryl methyl sites for hydroxylation is 2. The molecule has 0 aliphatic heterocycles. The van der Waals surface area contributed by atoms with Gasteiger partial charge in [0.15, 0.2) is 0 Å². The highest BCUT2D eigenvalue weighted by Crippen LogP contribution is 2.22. The van der Waals surface area contributed by atoms with Crippen molar-refractivity contribution in [3.8, 4) is 0 Å². The van der Waals surface area contributed by atoms with Gasteiger partial charge in [-0.25, -0.2) is 0 Å². The van der Waals surface area contributed by atoms with E-state index in [0.29, 0.717) is 6.04 Å². The van der Waals surface area contributed by atoms with Crippen LogP contribution in [0.2, 0.25) is 0 Å². The summed E-state index contributed by atoms with van der Waals surface area (Å²) in [5, 5.41) is 3.34. The molecular weight excluding hydrogens is 182 g/mol. The van der Waals surface area contributed by atoms with Gasteiger partial charge in [0.2, 0.25) is 0 Å². The first-order valence-electron chi connectivity index (χ1n) is 5.43. The van der Waals surface area contributed by atoms with Crippen molar-refractivity contribution >= 4 is 0 Å². The van der Waals surface area contributed by atoms with Crippen molar-refractivity contribution in [1.29, 1.82) is 0 Å². The fourth-order valence-electron chi connectivity index (χ4n) is 1.72. The Morgan fingerprint density at radius 3 is 2.47 bits per heavy atom. The molecule has 1 rings (SSSR count). The molecule has 0 heterocycles. The highest BCUT2D eigenvalue weighted by molar-refractivity contribution is 5.32. The van der Waals surface area contributed by atoms with E-state index >= 15 is 0 Å². The zero-order valence-electron chi connectivity index (χ0n) is 10.2. The van der Waals surface area contributed by atoms with Crippen LogP contribution in [0.1, 0.15) is 36.1 Å². The molecule has 0 aliphatic rings. The van der Waals surface area contributed by atoms with E-state index < -0.39 is 0 Å². The van der Waals surface area contributed by atoms with Crippen LogP contribution in [-0.4, -0.2) is 7.05 Å². The molecule has 1 aromatic rings. The minimum atomic E-state index is 0.391. The van der Waals surface area contributed by atoms with E-state index in [2.05, 4.69) is 50.9 Å². The highest BCUT2D eigenvalue weighted by atomic mass is 14.9. The molecule has 82 valence electrons. The SMILES string of the molecule is C=C(C)CC(NC)c1ccc(C)c(C)c1. The highest BCUT2D eigenvalue weighted by Gasteiger charge is 2.09. The summed E-state index contributed by atoms with van der Waals surface area (Å²) in [6, 6.07) is 7.04. The van der Waals surface area contributed by atoms with E-state index in [0.717, 1.165) is 6.42 Å². The average Bonchev–Trinajstić information content (AvgIpc) is 2.18. The zero-order chi connectivity index (χ0) is 11.4. The van der Waals surface area contributed by atoms with E-state index in [-0.39, 0.29) is 0 Å². The van der Waals surface area contributed by atoms with E-state index in [1.54, 1.807) is 0 Å². The van der Waals surface area contributed by atoms with Crippen LogP contribution < -0.4 is 5.32 Å². The van der Waals surface area contributed by atoms with E-state index in [9.17, 15) is 0 Å². The largest absolute Gasteiger partial charge is 0.313 e. The lowest BCUT2D eigenvalue weighted by Gasteiger charge is -2.17. The van der Waals surface area contributed by atoms with Crippen molar-refractivity contribution in [2.45, 2.75) is 33.2 Å². The summed E-state index contributed by atoms with van der Waals surface area (Å²) >= 11 is 0. The van der Waals surface area contributed by atoms with Crippen molar-refractivity contribution in [3.63, 3.8) is 0 Å². The number of nitrogens with one attached hydrogen (secondary N) is 1. The molecule has 1 unspecified atom stereocenters. The smallest absolute Gasteiger partial charge is 0.0355 e. The van der Waals surface area contributed by atoms with Crippen molar-refractivity contribution in [1.82, 2.24) is 5.32 Å². The number of benzene rings is 1. The van der Waals surface area contributed by atoms with Gasteiger partial charge in [0.25, 0.3) is 0 Å². The van der Waals surface area contributed by atoms with Crippen LogP contribution in [0.5, 0.6) is 0 Å². The molecule has 0 saturated carbocycles. The molecule has 0 fully saturated rings. The van der Waals surface area contributed by atoms with E-state index in [1.807, 2.05) is 7.05 Å². The Hall–Kier alpha value is -1.08. The van der Waals surface area contributed by atoms with Crippen LogP contribution >= 0.6 is 0 Å². The minimum Gasteiger partial charge on any atom is -0.313 e. The van der Waals surface area contributed by atoms with Gasteiger partial charge in [-0.05, 0) is 50.9 Å². The molecule has 0 spiro atoms. The Balaban J connectivity index is 2.92. The first-order chi connectivity index (χ1) is 7.04. The molecule has 0 aliphatic carbocycles. The van der Waals surface area contributed by atoms with Gasteiger partial charge in [-0.2, -0.15) is 0 Å². The van der Waals surface area contributed by atoms with Gasteiger partial charge in [-0.1, -0.05) is 23.8 Å². The van der Waals surface area contributed by atoms with E-state index in [1.165, 1.54) is 22.3 Å². The molecule has 0 radical (unpaired) electrons. The first kappa shape index (κ1) is 12.0. The second-order valence-corrected chi connectivity index (χ2v) is 4.35. The summed E-state index contributed by atoms with van der Waals surface area (Å²) in [5.41, 5.74) is 5.27. The predicted molar refractivity (Wildman–Crippen MR) is 67.1 cm³/mol. The lowest BCUT2D eigenvalue weighted by Crippen LogP contribution is -2.16. The summed E-state index contributed by atoms with van der Waals surface area (Å²) in [7, 11) is 2.00. The quantitative estimate of drug-likeness (QED) is 0.738. The van der Waals surface area contributed by atoms with Gasteiger partial charge >= 0.3 is 0 Å². The van der Waals surface area contributed by atoms with Crippen molar-refractivity contribution < 1.29 is 0 Å². The standard InChI is InChI=1S/C14H21N/c1-10(2)8-14(15-5)13-7-6-11(3)12(4)9-13/h6-7,9,14-15H,1,8H2,2-5H3. The van der Waals surface area contributed by atoms with Gasteiger partial charge in [0.1, 0.15) is 0 Å². The fourth-order valence-corrected chi connectivity index (χ4v) is 1.72. The third-order valence-electron chi connectivity index (χ3n) is 2.83. The van der Waals surface area contributed by atoms with Gasteiger partial charge < -0.3 is 5.32 Å². The molecule has 1 heteroatoms. The molecule has 1 atom stereocenters. The van der Waals surface area contributed by atoms with Gasteiger partial charge in [-0.15, -0.1) is 6.58 Å². The maximum Gasteiger partial charge on any atom is 0.0355 e. The second-order valence-electron chi connectivity index (χ2n) is 4.35. The molecule has 0 saturated heterocycles. The van der Waals surface area contributed by atoms with Crippen LogP contribution in [0, 0.1) is 13.8 Å². The summed E-state index contributed by atoms with van der Waals surface area (Å²) < 4.78 is 0. The lowest BCUT2D eigenvalue weighted by atomic mass is 9.97. The summed E-state index contributed by atoms with van der Waals surface area (Å²) in [6.45, 7) is 10.3. The molecule has 1 nitrogen and oxygen atoms in total. The van der Waals surface area contributed by atoms with Gasteiger partial charge in [-0.3, -0.25) is 0 Å². The van der Waals surface area contributed by atoms with E-state index in [4.69, 9.17) is 0 Å². The summed E-state index contributed by atoms with van der Waals surface area (Å²) in [6.07, 6.45) is 0.999. The molecule has 1 aromatic carbocycles. The Kier molecular flexibility index (Phi) is 4.10. The molecule has 15 heavy (non-hydrogen) atoms.